The lowest BCUT2D eigenvalue weighted by molar-refractivity contribution is 0.102. The van der Waals surface area contributed by atoms with Crippen molar-refractivity contribution in [3.63, 3.8) is 0 Å². The number of amides is 1. The summed E-state index contributed by atoms with van der Waals surface area (Å²) in [5.74, 6) is -2.04. The first-order valence-corrected chi connectivity index (χ1v) is 11.9. The molecule has 10 heteroatoms. The number of benzene rings is 2. The van der Waals surface area contributed by atoms with E-state index < -0.39 is 27.6 Å². The summed E-state index contributed by atoms with van der Waals surface area (Å²) in [6.07, 6.45) is 0. The van der Waals surface area contributed by atoms with E-state index in [0.717, 1.165) is 12.1 Å². The summed E-state index contributed by atoms with van der Waals surface area (Å²) in [4.78, 5) is 13.2. The summed E-state index contributed by atoms with van der Waals surface area (Å²) in [5, 5.41) is 6.95. The molecule has 33 heavy (non-hydrogen) atoms. The van der Waals surface area contributed by atoms with E-state index in [2.05, 4.69) is 10.4 Å². The SMILES string of the molecule is CCN(CC)S(=O)(=O)c1cc(NC(=O)c2c(C)nn(-c3ccc(F)cc3F)c2C)ccc1C. The number of carbonyl (C=O) groups excluding carboxylic acids is 1. The number of sulfonamides is 1. The summed E-state index contributed by atoms with van der Waals surface area (Å²) >= 11 is 0. The Labute approximate surface area is 192 Å². The van der Waals surface area contributed by atoms with Crippen LogP contribution >= 0.6 is 0 Å². The lowest BCUT2D eigenvalue weighted by Gasteiger charge is -2.20. The minimum atomic E-state index is -3.72. The molecule has 1 aromatic heterocycles. The van der Waals surface area contributed by atoms with Gasteiger partial charge in [0.2, 0.25) is 10.0 Å². The molecule has 0 saturated heterocycles. The molecule has 0 bridgehead atoms. The Hall–Kier alpha value is -3.11. The topological polar surface area (TPSA) is 84.3 Å². The van der Waals surface area contributed by atoms with Crippen molar-refractivity contribution >= 4 is 21.6 Å². The van der Waals surface area contributed by atoms with Gasteiger partial charge in [0, 0.05) is 24.8 Å². The van der Waals surface area contributed by atoms with Gasteiger partial charge in [0.1, 0.15) is 11.5 Å². The normalized spacial score (nSPS) is 11.8. The Kier molecular flexibility index (Phi) is 6.99. The van der Waals surface area contributed by atoms with E-state index in [-0.39, 0.29) is 16.1 Å². The van der Waals surface area contributed by atoms with Crippen molar-refractivity contribution in [2.24, 2.45) is 0 Å². The number of nitrogens with zero attached hydrogens (tertiary/aromatic N) is 3. The first-order chi connectivity index (χ1) is 15.5. The molecule has 2 aromatic carbocycles. The van der Waals surface area contributed by atoms with Crippen molar-refractivity contribution in [3.8, 4) is 5.69 Å². The maximum absolute atomic E-state index is 14.3. The van der Waals surface area contributed by atoms with E-state index in [1.807, 2.05) is 0 Å². The molecule has 0 aliphatic heterocycles. The Bertz CT molecular complexity index is 1320. The fourth-order valence-electron chi connectivity index (χ4n) is 3.71. The summed E-state index contributed by atoms with van der Waals surface area (Å²) < 4.78 is 56.1. The molecule has 0 radical (unpaired) electrons. The van der Waals surface area contributed by atoms with Crippen LogP contribution in [0.3, 0.4) is 0 Å². The maximum Gasteiger partial charge on any atom is 0.259 e. The minimum Gasteiger partial charge on any atom is -0.322 e. The largest absolute Gasteiger partial charge is 0.322 e. The fraction of sp³-hybridized carbons (Fsp3) is 0.304. The van der Waals surface area contributed by atoms with Crippen molar-refractivity contribution < 1.29 is 22.0 Å². The quantitative estimate of drug-likeness (QED) is 0.549. The monoisotopic (exact) mass is 476 g/mol. The first kappa shape index (κ1) is 24.5. The standard InChI is InChI=1S/C23H26F2N4O3S/c1-6-28(7-2)33(31,32)21-13-18(10-8-14(21)3)26-23(30)22-15(4)27-29(16(22)5)20-11-9-17(24)12-19(20)25/h8-13H,6-7H2,1-5H3,(H,26,30). The van der Waals surface area contributed by atoms with Gasteiger partial charge in [-0.15, -0.1) is 0 Å². The van der Waals surface area contributed by atoms with E-state index >= 15 is 0 Å². The van der Waals surface area contributed by atoms with Crippen LogP contribution in [0.1, 0.15) is 41.2 Å². The van der Waals surface area contributed by atoms with Gasteiger partial charge in [-0.05, 0) is 50.6 Å². The molecule has 0 saturated carbocycles. The molecule has 0 fully saturated rings. The molecule has 176 valence electrons. The van der Waals surface area contributed by atoms with Crippen LogP contribution in [0.4, 0.5) is 14.5 Å². The van der Waals surface area contributed by atoms with Gasteiger partial charge in [-0.3, -0.25) is 4.79 Å². The molecule has 7 nitrogen and oxygen atoms in total. The third-order valence-electron chi connectivity index (χ3n) is 5.43. The van der Waals surface area contributed by atoms with Crippen LogP contribution < -0.4 is 5.32 Å². The summed E-state index contributed by atoms with van der Waals surface area (Å²) in [6, 6.07) is 7.77. The van der Waals surface area contributed by atoms with Crippen molar-refractivity contribution in [2.45, 2.75) is 39.5 Å². The van der Waals surface area contributed by atoms with Crippen molar-refractivity contribution in [1.82, 2.24) is 14.1 Å². The molecule has 1 N–H and O–H groups in total. The van der Waals surface area contributed by atoms with Gasteiger partial charge in [0.15, 0.2) is 5.82 Å². The van der Waals surface area contributed by atoms with Crippen molar-refractivity contribution in [2.75, 3.05) is 18.4 Å². The average molecular weight is 477 g/mol. The number of aromatic nitrogens is 2. The molecule has 1 amide bonds. The van der Waals surface area contributed by atoms with Crippen LogP contribution in [0.15, 0.2) is 41.3 Å². The van der Waals surface area contributed by atoms with Crippen LogP contribution in [-0.2, 0) is 10.0 Å². The van der Waals surface area contributed by atoms with Gasteiger partial charge in [0.25, 0.3) is 5.91 Å². The molecule has 0 aliphatic rings. The van der Waals surface area contributed by atoms with Crippen LogP contribution in [0.5, 0.6) is 0 Å². The number of aryl methyl sites for hydroxylation is 2. The van der Waals surface area contributed by atoms with Crippen LogP contribution in [-0.4, -0.2) is 41.5 Å². The highest BCUT2D eigenvalue weighted by Gasteiger charge is 2.25. The van der Waals surface area contributed by atoms with E-state index in [1.54, 1.807) is 46.8 Å². The molecule has 3 aromatic rings. The van der Waals surface area contributed by atoms with Gasteiger partial charge < -0.3 is 5.32 Å². The molecule has 0 atom stereocenters. The third kappa shape index (κ3) is 4.67. The van der Waals surface area contributed by atoms with Crippen LogP contribution in [0.25, 0.3) is 5.69 Å². The van der Waals surface area contributed by atoms with Gasteiger partial charge in [-0.1, -0.05) is 19.9 Å². The summed E-state index contributed by atoms with van der Waals surface area (Å²) in [6.45, 7) is 9.06. The highest BCUT2D eigenvalue weighted by atomic mass is 32.2. The van der Waals surface area contributed by atoms with Gasteiger partial charge >= 0.3 is 0 Å². The predicted molar refractivity (Wildman–Crippen MR) is 122 cm³/mol. The van der Waals surface area contributed by atoms with Gasteiger partial charge in [-0.2, -0.15) is 9.40 Å². The van der Waals surface area contributed by atoms with Crippen LogP contribution in [0.2, 0.25) is 0 Å². The average Bonchev–Trinajstić information content (AvgIpc) is 3.03. The predicted octanol–water partition coefficient (Wildman–Crippen LogP) is 4.36. The number of hydrogen-bond acceptors (Lipinski definition) is 4. The van der Waals surface area contributed by atoms with Crippen LogP contribution in [0, 0.1) is 32.4 Å². The number of rotatable bonds is 7. The van der Waals surface area contributed by atoms with E-state index in [0.29, 0.717) is 35.7 Å². The highest BCUT2D eigenvalue weighted by Crippen LogP contribution is 2.26. The smallest absolute Gasteiger partial charge is 0.259 e. The zero-order chi connectivity index (χ0) is 24.5. The maximum atomic E-state index is 14.3. The van der Waals surface area contributed by atoms with E-state index in [9.17, 15) is 22.0 Å². The molecular weight excluding hydrogens is 450 g/mol. The number of hydrogen-bond donors (Lipinski definition) is 1. The number of halogens is 2. The zero-order valence-electron chi connectivity index (χ0n) is 19.1. The molecule has 0 spiro atoms. The van der Waals surface area contributed by atoms with E-state index in [4.69, 9.17) is 0 Å². The Morgan fingerprint density at radius 2 is 1.73 bits per heavy atom. The van der Waals surface area contributed by atoms with Gasteiger partial charge in [-0.25, -0.2) is 21.9 Å². The molecule has 0 aliphatic carbocycles. The zero-order valence-corrected chi connectivity index (χ0v) is 19.9. The molecular formula is C23H26F2N4O3S. The molecule has 1 heterocycles. The second-order valence-corrected chi connectivity index (χ2v) is 9.48. The summed E-state index contributed by atoms with van der Waals surface area (Å²) in [7, 11) is -3.72. The molecule has 3 rings (SSSR count). The van der Waals surface area contributed by atoms with Gasteiger partial charge in [0.05, 0.1) is 21.8 Å². The van der Waals surface area contributed by atoms with Crippen molar-refractivity contribution in [1.29, 1.82) is 0 Å². The number of carbonyl (C=O) groups is 1. The first-order valence-electron chi connectivity index (χ1n) is 10.4. The second-order valence-electron chi connectivity index (χ2n) is 7.58. The number of nitrogens with one attached hydrogen (secondary N) is 1. The lowest BCUT2D eigenvalue weighted by Crippen LogP contribution is -2.31. The Morgan fingerprint density at radius 3 is 2.33 bits per heavy atom. The minimum absolute atomic E-state index is 0.0130. The fourth-order valence-corrected chi connectivity index (χ4v) is 5.42. The van der Waals surface area contributed by atoms with E-state index in [1.165, 1.54) is 21.1 Å². The summed E-state index contributed by atoms with van der Waals surface area (Å²) in [5.41, 5.74) is 1.80. The highest BCUT2D eigenvalue weighted by molar-refractivity contribution is 7.89. The molecule has 0 unspecified atom stereocenters. The lowest BCUT2D eigenvalue weighted by atomic mass is 10.1. The van der Waals surface area contributed by atoms with Crippen molar-refractivity contribution in [3.05, 3.63) is 70.5 Å². The third-order valence-corrected chi connectivity index (χ3v) is 7.62. The second kappa shape index (κ2) is 9.40. The Morgan fingerprint density at radius 1 is 1.06 bits per heavy atom. The number of anilines is 1. The Balaban J connectivity index is 1.97.